The maximum absolute atomic E-state index is 13.3. The van der Waals surface area contributed by atoms with Crippen molar-refractivity contribution in [2.24, 2.45) is 33.2 Å². The molecule has 1 aromatic heterocycles. The van der Waals surface area contributed by atoms with Crippen molar-refractivity contribution in [1.82, 2.24) is 0 Å². The number of carbonyl (C=O) groups is 3. The maximum Gasteiger partial charge on any atom is 0.339 e. The second-order valence-corrected chi connectivity index (χ2v) is 12.4. The van der Waals surface area contributed by atoms with Crippen molar-refractivity contribution >= 4 is 23.6 Å². The number of oxime groups is 1. The van der Waals surface area contributed by atoms with Gasteiger partial charge in [-0.3, -0.25) is 0 Å². The van der Waals surface area contributed by atoms with Crippen LogP contribution in [-0.2, 0) is 33.4 Å². The summed E-state index contributed by atoms with van der Waals surface area (Å²) in [7, 11) is 0. The fourth-order valence-electron chi connectivity index (χ4n) is 8.77. The summed E-state index contributed by atoms with van der Waals surface area (Å²) >= 11 is 0. The highest BCUT2D eigenvalue weighted by molar-refractivity contribution is 5.97. The summed E-state index contributed by atoms with van der Waals surface area (Å²) in [6.07, 6.45) is 7.21. The molecule has 6 rings (SSSR count). The van der Waals surface area contributed by atoms with E-state index < -0.39 is 51.6 Å². The third-order valence-corrected chi connectivity index (χ3v) is 10.3. The average molecular weight is 512 g/mol. The van der Waals surface area contributed by atoms with Crippen LogP contribution in [0.3, 0.4) is 0 Å². The van der Waals surface area contributed by atoms with Crippen LogP contribution in [0, 0.1) is 28.1 Å². The predicted molar refractivity (Wildman–Crippen MR) is 129 cm³/mol. The molecule has 2 saturated heterocycles. The lowest BCUT2D eigenvalue weighted by molar-refractivity contribution is -0.196. The smallest absolute Gasteiger partial charge is 0.339 e. The molecule has 0 bridgehead atoms. The van der Waals surface area contributed by atoms with Crippen LogP contribution in [0.15, 0.2) is 40.3 Å². The molecule has 0 unspecified atom stereocenters. The number of epoxide rings is 1. The van der Waals surface area contributed by atoms with Crippen LogP contribution in [0.25, 0.3) is 0 Å². The zero-order valence-electron chi connectivity index (χ0n) is 22.0. The number of carbonyl (C=O) groups excluding carboxylic acids is 3. The maximum atomic E-state index is 13.3. The van der Waals surface area contributed by atoms with Crippen molar-refractivity contribution in [2.75, 3.05) is 0 Å². The summed E-state index contributed by atoms with van der Waals surface area (Å²) in [4.78, 5) is 43.0. The minimum absolute atomic E-state index is 0.0907. The zero-order chi connectivity index (χ0) is 26.6. The molecule has 198 valence electrons. The molecule has 37 heavy (non-hydrogen) atoms. The van der Waals surface area contributed by atoms with Crippen LogP contribution < -0.4 is 0 Å². The van der Waals surface area contributed by atoms with Gasteiger partial charge in [0, 0.05) is 35.3 Å². The van der Waals surface area contributed by atoms with E-state index in [1.807, 2.05) is 26.0 Å². The van der Waals surface area contributed by atoms with Gasteiger partial charge in [0.2, 0.25) is 0 Å². The fraction of sp³-hybridized carbons (Fsp3) is 0.643. The van der Waals surface area contributed by atoms with Gasteiger partial charge in [0.1, 0.15) is 17.3 Å². The van der Waals surface area contributed by atoms with Gasteiger partial charge in [0.05, 0.1) is 18.2 Å². The molecule has 0 amide bonds. The summed E-state index contributed by atoms with van der Waals surface area (Å²) in [5.41, 5.74) is -2.22. The van der Waals surface area contributed by atoms with E-state index in [1.54, 1.807) is 12.5 Å². The Hall–Kier alpha value is -2.94. The van der Waals surface area contributed by atoms with Crippen LogP contribution in [0.1, 0.15) is 72.5 Å². The van der Waals surface area contributed by atoms with Gasteiger partial charge in [-0.2, -0.15) is 0 Å². The van der Waals surface area contributed by atoms with Crippen LogP contribution in [0.5, 0.6) is 0 Å². The molecule has 9 heteroatoms. The number of nitrogens with zero attached hydrogens (tertiary/aromatic N) is 1. The number of hydrogen-bond donors (Lipinski definition) is 0. The minimum atomic E-state index is -0.942. The number of hydrogen-bond acceptors (Lipinski definition) is 9. The number of fused-ring (bicyclic) bond motifs is 3. The number of cyclic esters (lactones) is 2. The lowest BCUT2D eigenvalue weighted by Gasteiger charge is -2.65. The first kappa shape index (κ1) is 24.4. The van der Waals surface area contributed by atoms with Gasteiger partial charge < -0.3 is 23.5 Å². The molecule has 0 radical (unpaired) electrons. The number of esters is 2. The van der Waals surface area contributed by atoms with Gasteiger partial charge in [-0.25, -0.2) is 14.4 Å². The highest BCUT2D eigenvalue weighted by Gasteiger charge is 2.87. The Bertz CT molecular complexity index is 1250. The van der Waals surface area contributed by atoms with Crippen molar-refractivity contribution in [3.8, 4) is 0 Å². The standard InChI is InChI=1S/C28H33NO8/c1-15(30)37-29-19-13-18-24(2,3)35-20(31)8-10-25(18,4)17-7-11-26(5)21(16-9-12-33-14-16)34-23(32)22-28(26,36-22)27(17,19)6/h8-10,12,14,17-18,21-22H,7,11,13H2,1-6H3/b29-19+/t17-,18+,21+,22-,25-,26+,27+,28-/m1/s1. The average Bonchev–Trinajstić information content (AvgIpc) is 3.41. The molecule has 5 aliphatic rings. The Labute approximate surface area is 215 Å². The van der Waals surface area contributed by atoms with Crippen molar-refractivity contribution in [3.63, 3.8) is 0 Å². The molecular weight excluding hydrogens is 478 g/mol. The second-order valence-electron chi connectivity index (χ2n) is 12.4. The molecule has 4 fully saturated rings. The van der Waals surface area contributed by atoms with Gasteiger partial charge in [0.15, 0.2) is 6.10 Å². The quantitative estimate of drug-likeness (QED) is 0.250. The van der Waals surface area contributed by atoms with Gasteiger partial charge >= 0.3 is 17.9 Å². The molecule has 9 nitrogen and oxygen atoms in total. The van der Waals surface area contributed by atoms with Crippen molar-refractivity contribution in [1.29, 1.82) is 0 Å². The van der Waals surface area contributed by atoms with E-state index in [0.717, 1.165) is 12.0 Å². The first-order chi connectivity index (χ1) is 17.3. The number of furan rings is 1. The molecule has 3 aliphatic heterocycles. The normalized spacial score (nSPS) is 46.4. The SMILES string of the molecule is CC(=O)O/N=C1\C[C@H]2C(C)(C)OC(=O)C=C[C@]2(C)[C@H]2CC[C@@]3(C)[C@H](c4ccoc4)OC(=O)[C@H]4O[C@]43[C@]12C. The number of rotatable bonds is 2. The monoisotopic (exact) mass is 511 g/mol. The lowest BCUT2D eigenvalue weighted by atomic mass is 9.37. The van der Waals surface area contributed by atoms with Gasteiger partial charge in [-0.05, 0) is 50.5 Å². The zero-order valence-corrected chi connectivity index (χ0v) is 22.0. The summed E-state index contributed by atoms with van der Waals surface area (Å²) in [6.45, 7) is 11.5. The predicted octanol–water partition coefficient (Wildman–Crippen LogP) is 4.27. The molecule has 2 aliphatic carbocycles. The summed E-state index contributed by atoms with van der Waals surface area (Å²) in [6, 6.07) is 1.82. The molecular formula is C28H33NO8. The van der Waals surface area contributed by atoms with Crippen molar-refractivity contribution in [2.45, 2.75) is 84.2 Å². The van der Waals surface area contributed by atoms with Crippen molar-refractivity contribution in [3.05, 3.63) is 36.3 Å². The van der Waals surface area contributed by atoms with E-state index in [1.165, 1.54) is 13.0 Å². The molecule has 0 N–H and O–H groups in total. The van der Waals surface area contributed by atoms with E-state index >= 15 is 0 Å². The van der Waals surface area contributed by atoms with E-state index in [2.05, 4.69) is 25.9 Å². The van der Waals surface area contributed by atoms with Gasteiger partial charge in [0.25, 0.3) is 0 Å². The molecule has 1 spiro atoms. The topological polar surface area (TPSA) is 117 Å². The minimum Gasteiger partial charge on any atom is -0.472 e. The Kier molecular flexibility index (Phi) is 4.84. The van der Waals surface area contributed by atoms with Crippen LogP contribution in [-0.4, -0.2) is 40.9 Å². The lowest BCUT2D eigenvalue weighted by Crippen LogP contribution is -2.71. The first-order valence-corrected chi connectivity index (χ1v) is 12.9. The summed E-state index contributed by atoms with van der Waals surface area (Å²) < 4.78 is 23.7. The summed E-state index contributed by atoms with van der Waals surface area (Å²) in [5, 5.41) is 4.43. The second kappa shape index (κ2) is 7.34. The molecule has 4 heterocycles. The van der Waals surface area contributed by atoms with Crippen LogP contribution in [0.4, 0.5) is 0 Å². The molecule has 2 saturated carbocycles. The fourth-order valence-corrected chi connectivity index (χ4v) is 8.77. The van der Waals surface area contributed by atoms with E-state index in [9.17, 15) is 14.4 Å². The van der Waals surface area contributed by atoms with E-state index in [4.69, 9.17) is 23.5 Å². The van der Waals surface area contributed by atoms with E-state index in [0.29, 0.717) is 18.6 Å². The Morgan fingerprint density at radius 3 is 2.54 bits per heavy atom. The Balaban J connectivity index is 1.57. The van der Waals surface area contributed by atoms with Gasteiger partial charge in [-0.15, -0.1) is 0 Å². The number of allylic oxidation sites excluding steroid dienone is 1. The summed E-state index contributed by atoms with van der Waals surface area (Å²) in [5.74, 6) is -1.57. The van der Waals surface area contributed by atoms with Crippen molar-refractivity contribution < 1.29 is 37.8 Å². The largest absolute Gasteiger partial charge is 0.472 e. The number of ether oxygens (including phenoxy) is 3. The molecule has 8 atom stereocenters. The Morgan fingerprint density at radius 1 is 1.11 bits per heavy atom. The van der Waals surface area contributed by atoms with Crippen LogP contribution >= 0.6 is 0 Å². The highest BCUT2D eigenvalue weighted by atomic mass is 16.7. The first-order valence-electron chi connectivity index (χ1n) is 12.9. The third-order valence-electron chi connectivity index (χ3n) is 10.3. The van der Waals surface area contributed by atoms with Gasteiger partial charge in [-0.1, -0.05) is 32.0 Å². The highest BCUT2D eigenvalue weighted by Crippen LogP contribution is 2.78. The Morgan fingerprint density at radius 2 is 1.86 bits per heavy atom. The van der Waals surface area contributed by atoms with E-state index in [-0.39, 0.29) is 17.8 Å². The third kappa shape index (κ3) is 2.89. The molecule has 0 aromatic carbocycles. The molecule has 1 aromatic rings. The van der Waals surface area contributed by atoms with Crippen LogP contribution in [0.2, 0.25) is 0 Å².